The lowest BCUT2D eigenvalue weighted by Crippen LogP contribution is -2.36. The number of amides is 2. The van der Waals surface area contributed by atoms with Gasteiger partial charge in [-0.2, -0.15) is 0 Å². The molecule has 6 heteroatoms. The summed E-state index contributed by atoms with van der Waals surface area (Å²) in [6, 6.07) is 7.39. The summed E-state index contributed by atoms with van der Waals surface area (Å²) in [7, 11) is 1.97. The first-order valence-electron chi connectivity index (χ1n) is 7.17. The third kappa shape index (κ3) is 3.11. The Morgan fingerprint density at radius 3 is 3.05 bits per heavy atom. The van der Waals surface area contributed by atoms with Crippen molar-refractivity contribution in [2.45, 2.75) is 13.0 Å². The molecule has 0 radical (unpaired) electrons. The molecule has 0 saturated carbocycles. The van der Waals surface area contributed by atoms with Crippen molar-refractivity contribution in [2.24, 2.45) is 7.05 Å². The summed E-state index contributed by atoms with van der Waals surface area (Å²) >= 11 is 0. The minimum atomic E-state index is -0.199. The Morgan fingerprint density at radius 2 is 2.23 bits per heavy atom. The molecule has 3 heterocycles. The van der Waals surface area contributed by atoms with Gasteiger partial charge in [-0.25, -0.2) is 9.78 Å². The number of urea groups is 1. The van der Waals surface area contributed by atoms with Crippen molar-refractivity contribution >= 4 is 17.1 Å². The van der Waals surface area contributed by atoms with Crippen LogP contribution in [0.2, 0.25) is 0 Å². The lowest BCUT2D eigenvalue weighted by molar-refractivity contribution is 0.239. The van der Waals surface area contributed by atoms with Crippen molar-refractivity contribution in [3.8, 4) is 0 Å². The molecule has 0 aliphatic heterocycles. The molecule has 3 rings (SSSR count). The van der Waals surface area contributed by atoms with E-state index in [9.17, 15) is 4.79 Å². The molecule has 0 spiro atoms. The maximum absolute atomic E-state index is 11.7. The first kappa shape index (κ1) is 14.2. The Bertz CT molecular complexity index is 762. The normalized spacial score (nSPS) is 10.8. The summed E-state index contributed by atoms with van der Waals surface area (Å²) in [6.07, 6.45) is 6.19. The van der Waals surface area contributed by atoms with Gasteiger partial charge in [0.05, 0.1) is 12.8 Å². The summed E-state index contributed by atoms with van der Waals surface area (Å²) < 4.78 is 7.16. The van der Waals surface area contributed by atoms with Gasteiger partial charge in [0.2, 0.25) is 0 Å². The minimum Gasteiger partial charge on any atom is -0.467 e. The minimum absolute atomic E-state index is 0.199. The standard InChI is InChI=1S/C16H18N4O2/c1-20-11-12(14-5-2-7-17-15(14)20)6-8-18-16(21)19-10-13-4-3-9-22-13/h2-5,7,9,11H,6,8,10H2,1H3,(H2,18,19,21). The molecular weight excluding hydrogens is 280 g/mol. The molecule has 3 aromatic heterocycles. The molecule has 22 heavy (non-hydrogen) atoms. The average Bonchev–Trinajstić information content (AvgIpc) is 3.15. The predicted molar refractivity (Wildman–Crippen MR) is 83.4 cm³/mol. The summed E-state index contributed by atoms with van der Waals surface area (Å²) in [6.45, 7) is 0.953. The molecule has 2 amide bonds. The zero-order chi connectivity index (χ0) is 15.4. The van der Waals surface area contributed by atoms with E-state index in [1.165, 1.54) is 5.56 Å². The van der Waals surface area contributed by atoms with E-state index in [0.717, 1.165) is 23.2 Å². The lowest BCUT2D eigenvalue weighted by atomic mass is 10.1. The van der Waals surface area contributed by atoms with Gasteiger partial charge in [-0.1, -0.05) is 0 Å². The van der Waals surface area contributed by atoms with Crippen molar-refractivity contribution in [2.75, 3.05) is 6.54 Å². The van der Waals surface area contributed by atoms with Crippen LogP contribution in [0.1, 0.15) is 11.3 Å². The molecule has 3 aromatic rings. The molecule has 0 aliphatic rings. The van der Waals surface area contributed by atoms with E-state index in [4.69, 9.17) is 4.42 Å². The number of furan rings is 1. The number of hydrogen-bond acceptors (Lipinski definition) is 3. The first-order valence-corrected chi connectivity index (χ1v) is 7.17. The highest BCUT2D eigenvalue weighted by Gasteiger charge is 2.07. The van der Waals surface area contributed by atoms with E-state index in [1.54, 1.807) is 18.5 Å². The predicted octanol–water partition coefficient (Wildman–Crippen LogP) is 2.21. The zero-order valence-corrected chi connectivity index (χ0v) is 12.4. The van der Waals surface area contributed by atoms with Crippen LogP contribution in [0.25, 0.3) is 11.0 Å². The van der Waals surface area contributed by atoms with E-state index >= 15 is 0 Å². The van der Waals surface area contributed by atoms with Gasteiger partial charge in [-0.3, -0.25) is 0 Å². The van der Waals surface area contributed by atoms with Gasteiger partial charge in [-0.15, -0.1) is 0 Å². The monoisotopic (exact) mass is 298 g/mol. The van der Waals surface area contributed by atoms with Crippen molar-refractivity contribution in [1.29, 1.82) is 0 Å². The van der Waals surface area contributed by atoms with E-state index < -0.39 is 0 Å². The highest BCUT2D eigenvalue weighted by atomic mass is 16.3. The summed E-state index contributed by atoms with van der Waals surface area (Å²) in [5, 5.41) is 6.73. The Labute approximate surface area is 128 Å². The molecule has 0 saturated heterocycles. The molecule has 0 unspecified atom stereocenters. The van der Waals surface area contributed by atoms with E-state index in [-0.39, 0.29) is 6.03 Å². The highest BCUT2D eigenvalue weighted by molar-refractivity contribution is 5.80. The molecule has 0 atom stereocenters. The second-order valence-electron chi connectivity index (χ2n) is 5.08. The number of nitrogens with zero attached hydrogens (tertiary/aromatic N) is 2. The number of aromatic nitrogens is 2. The van der Waals surface area contributed by atoms with Crippen LogP contribution in [-0.2, 0) is 20.0 Å². The number of carbonyl (C=O) groups is 1. The van der Waals surface area contributed by atoms with E-state index in [0.29, 0.717) is 13.1 Å². The van der Waals surface area contributed by atoms with Gasteiger partial charge < -0.3 is 19.6 Å². The molecule has 2 N–H and O–H groups in total. The fraction of sp³-hybridized carbons (Fsp3) is 0.250. The number of carbonyl (C=O) groups excluding carboxylic acids is 1. The summed E-state index contributed by atoms with van der Waals surface area (Å²) in [5.41, 5.74) is 2.14. The lowest BCUT2D eigenvalue weighted by Gasteiger charge is -2.06. The maximum Gasteiger partial charge on any atom is 0.315 e. The van der Waals surface area contributed by atoms with Crippen LogP contribution in [-0.4, -0.2) is 22.1 Å². The molecule has 0 fully saturated rings. The second kappa shape index (κ2) is 6.34. The number of fused-ring (bicyclic) bond motifs is 1. The van der Waals surface area contributed by atoms with Crippen LogP contribution < -0.4 is 10.6 Å². The van der Waals surface area contributed by atoms with Crippen LogP contribution in [0.5, 0.6) is 0 Å². The van der Waals surface area contributed by atoms with Crippen LogP contribution in [0.15, 0.2) is 47.3 Å². The third-order valence-corrected chi connectivity index (χ3v) is 3.50. The summed E-state index contributed by atoms with van der Waals surface area (Å²) in [4.78, 5) is 16.1. The highest BCUT2D eigenvalue weighted by Crippen LogP contribution is 2.18. The molecule has 0 aromatic carbocycles. The largest absolute Gasteiger partial charge is 0.467 e. The average molecular weight is 298 g/mol. The topological polar surface area (TPSA) is 72.1 Å². The SMILES string of the molecule is Cn1cc(CCNC(=O)NCc2ccco2)c2cccnc21. The van der Waals surface area contributed by atoms with Crippen molar-refractivity contribution in [3.05, 3.63) is 54.2 Å². The molecule has 6 nitrogen and oxygen atoms in total. The number of nitrogens with one attached hydrogen (secondary N) is 2. The molecular formula is C16H18N4O2. The Hall–Kier alpha value is -2.76. The number of aryl methyl sites for hydroxylation is 1. The third-order valence-electron chi connectivity index (χ3n) is 3.50. The van der Waals surface area contributed by atoms with Gasteiger partial charge >= 0.3 is 6.03 Å². The van der Waals surface area contributed by atoms with Crippen molar-refractivity contribution in [1.82, 2.24) is 20.2 Å². The second-order valence-corrected chi connectivity index (χ2v) is 5.08. The van der Waals surface area contributed by atoms with Crippen molar-refractivity contribution in [3.63, 3.8) is 0 Å². The van der Waals surface area contributed by atoms with Gasteiger partial charge in [-0.05, 0) is 36.2 Å². The first-order chi connectivity index (χ1) is 10.7. The van der Waals surface area contributed by atoms with E-state index in [1.807, 2.05) is 23.7 Å². The van der Waals surface area contributed by atoms with Crippen molar-refractivity contribution < 1.29 is 9.21 Å². The molecule has 0 bridgehead atoms. The number of hydrogen-bond donors (Lipinski definition) is 2. The smallest absolute Gasteiger partial charge is 0.315 e. The Balaban J connectivity index is 1.51. The van der Waals surface area contributed by atoms with Gasteiger partial charge in [0.1, 0.15) is 11.4 Å². The van der Waals surface area contributed by atoms with Gasteiger partial charge in [0.15, 0.2) is 0 Å². The molecule has 0 aliphatic carbocycles. The van der Waals surface area contributed by atoms with Crippen LogP contribution in [0.3, 0.4) is 0 Å². The van der Waals surface area contributed by atoms with Crippen LogP contribution in [0.4, 0.5) is 4.79 Å². The van der Waals surface area contributed by atoms with Gasteiger partial charge in [0.25, 0.3) is 0 Å². The van der Waals surface area contributed by atoms with E-state index in [2.05, 4.69) is 27.9 Å². The van der Waals surface area contributed by atoms with Gasteiger partial charge in [0, 0.05) is 31.4 Å². The maximum atomic E-state index is 11.7. The molecule has 114 valence electrons. The Morgan fingerprint density at radius 1 is 1.32 bits per heavy atom. The zero-order valence-electron chi connectivity index (χ0n) is 12.4. The Kier molecular flexibility index (Phi) is 4.09. The van der Waals surface area contributed by atoms with Crippen LogP contribution >= 0.6 is 0 Å². The summed E-state index contributed by atoms with van der Waals surface area (Å²) in [5.74, 6) is 0.732. The quantitative estimate of drug-likeness (QED) is 0.758. The number of pyridine rings is 1. The fourth-order valence-corrected chi connectivity index (χ4v) is 2.45. The number of rotatable bonds is 5. The van der Waals surface area contributed by atoms with Crippen LogP contribution in [0, 0.1) is 0 Å². The fourth-order valence-electron chi connectivity index (χ4n) is 2.45.